The van der Waals surface area contributed by atoms with Crippen molar-refractivity contribution in [1.82, 2.24) is 4.90 Å². The van der Waals surface area contributed by atoms with E-state index < -0.39 is 0 Å². The summed E-state index contributed by atoms with van der Waals surface area (Å²) in [5.41, 5.74) is 0. The van der Waals surface area contributed by atoms with Gasteiger partial charge in [-0.05, 0) is 12.8 Å². The first-order chi connectivity index (χ1) is 6.22. The van der Waals surface area contributed by atoms with E-state index in [1.807, 2.05) is 7.05 Å². The van der Waals surface area contributed by atoms with Crippen LogP contribution in [0.2, 0.25) is 0 Å². The molecule has 3 heteroatoms. The van der Waals surface area contributed by atoms with Gasteiger partial charge in [-0.2, -0.15) is 0 Å². The fourth-order valence-corrected chi connectivity index (χ4v) is 1.49. The molecule has 0 unspecified atom stereocenters. The predicted molar refractivity (Wildman–Crippen MR) is 53.8 cm³/mol. The van der Waals surface area contributed by atoms with E-state index in [1.165, 1.54) is 12.8 Å². The van der Waals surface area contributed by atoms with Gasteiger partial charge in [0.2, 0.25) is 5.91 Å². The number of carbonyl (C=O) groups excluding carboxylic acids is 1. The molecule has 0 aromatic carbocycles. The van der Waals surface area contributed by atoms with E-state index in [1.54, 1.807) is 11.8 Å². The number of aliphatic imine (C=N–C) groups is 1. The van der Waals surface area contributed by atoms with Crippen molar-refractivity contribution < 1.29 is 4.79 Å². The Morgan fingerprint density at radius 2 is 2.00 bits per heavy atom. The van der Waals surface area contributed by atoms with Gasteiger partial charge in [-0.15, -0.1) is 0 Å². The lowest BCUT2D eigenvalue weighted by atomic mass is 10.1. The predicted octanol–water partition coefficient (Wildman–Crippen LogP) is 1.83. The molecule has 0 saturated heterocycles. The van der Waals surface area contributed by atoms with Gasteiger partial charge in [0.25, 0.3) is 0 Å². The highest BCUT2D eigenvalue weighted by atomic mass is 16.2. The van der Waals surface area contributed by atoms with Gasteiger partial charge in [-0.1, -0.05) is 12.8 Å². The van der Waals surface area contributed by atoms with E-state index in [2.05, 4.69) is 4.99 Å². The first-order valence-electron chi connectivity index (χ1n) is 4.99. The topological polar surface area (TPSA) is 32.7 Å². The van der Waals surface area contributed by atoms with Crippen LogP contribution in [0.15, 0.2) is 4.99 Å². The molecule has 0 saturated carbocycles. The summed E-state index contributed by atoms with van der Waals surface area (Å²) in [6, 6.07) is 0. The standard InChI is InChI=1S/C10H18N2O/c1-9(13)12(2)10-7-5-3-4-6-8-11-10/h3-8H2,1-2H3. The molecule has 1 amide bonds. The molecule has 0 aliphatic carbocycles. The zero-order valence-electron chi connectivity index (χ0n) is 8.55. The van der Waals surface area contributed by atoms with Crippen LogP contribution in [-0.2, 0) is 4.79 Å². The second kappa shape index (κ2) is 5.00. The summed E-state index contributed by atoms with van der Waals surface area (Å²) in [4.78, 5) is 17.2. The minimum atomic E-state index is 0.0827. The summed E-state index contributed by atoms with van der Waals surface area (Å²) < 4.78 is 0. The van der Waals surface area contributed by atoms with Crippen molar-refractivity contribution in [2.24, 2.45) is 4.99 Å². The first kappa shape index (κ1) is 10.2. The molecule has 0 fully saturated rings. The summed E-state index contributed by atoms with van der Waals surface area (Å²) in [7, 11) is 1.81. The van der Waals surface area contributed by atoms with Crippen molar-refractivity contribution in [2.75, 3.05) is 13.6 Å². The van der Waals surface area contributed by atoms with Gasteiger partial charge in [0.05, 0.1) is 0 Å². The maximum Gasteiger partial charge on any atom is 0.224 e. The van der Waals surface area contributed by atoms with Crippen LogP contribution in [0.4, 0.5) is 0 Å². The van der Waals surface area contributed by atoms with Crippen LogP contribution in [0, 0.1) is 0 Å². The molecule has 0 radical (unpaired) electrons. The largest absolute Gasteiger partial charge is 0.304 e. The van der Waals surface area contributed by atoms with E-state index >= 15 is 0 Å². The third kappa shape index (κ3) is 3.17. The molecule has 3 nitrogen and oxygen atoms in total. The van der Waals surface area contributed by atoms with Crippen LogP contribution in [0.5, 0.6) is 0 Å². The number of amidine groups is 1. The van der Waals surface area contributed by atoms with Gasteiger partial charge in [0.1, 0.15) is 5.84 Å². The fraction of sp³-hybridized carbons (Fsp3) is 0.800. The smallest absolute Gasteiger partial charge is 0.224 e. The fourth-order valence-electron chi connectivity index (χ4n) is 1.49. The van der Waals surface area contributed by atoms with E-state index in [0.29, 0.717) is 0 Å². The average molecular weight is 182 g/mol. The van der Waals surface area contributed by atoms with E-state index in [4.69, 9.17) is 0 Å². The molecular formula is C10H18N2O. The number of amides is 1. The molecule has 1 aliphatic heterocycles. The number of hydrogen-bond donors (Lipinski definition) is 0. The van der Waals surface area contributed by atoms with Crippen molar-refractivity contribution in [3.63, 3.8) is 0 Å². The van der Waals surface area contributed by atoms with Gasteiger partial charge in [0.15, 0.2) is 0 Å². The number of hydrogen-bond acceptors (Lipinski definition) is 2. The third-order valence-corrected chi connectivity index (χ3v) is 2.46. The molecule has 0 N–H and O–H groups in total. The molecule has 1 aliphatic rings. The normalized spacial score (nSPS) is 18.5. The van der Waals surface area contributed by atoms with Gasteiger partial charge in [-0.3, -0.25) is 9.79 Å². The molecule has 0 bridgehead atoms. The molecule has 0 spiro atoms. The highest BCUT2D eigenvalue weighted by molar-refractivity contribution is 5.96. The third-order valence-electron chi connectivity index (χ3n) is 2.46. The maximum atomic E-state index is 11.1. The minimum Gasteiger partial charge on any atom is -0.304 e. The zero-order valence-corrected chi connectivity index (χ0v) is 8.55. The van der Waals surface area contributed by atoms with E-state index in [0.717, 1.165) is 31.6 Å². The molecule has 0 aromatic rings. The summed E-state index contributed by atoms with van der Waals surface area (Å²) in [6.07, 6.45) is 5.83. The molecule has 0 aromatic heterocycles. The molecule has 1 heterocycles. The lowest BCUT2D eigenvalue weighted by Crippen LogP contribution is -2.31. The Morgan fingerprint density at radius 1 is 1.31 bits per heavy atom. The Kier molecular flexibility index (Phi) is 3.93. The monoisotopic (exact) mass is 182 g/mol. The lowest BCUT2D eigenvalue weighted by molar-refractivity contribution is -0.124. The van der Waals surface area contributed by atoms with Crippen molar-refractivity contribution >= 4 is 11.7 Å². The highest BCUT2D eigenvalue weighted by Crippen LogP contribution is 2.10. The number of rotatable bonds is 0. The molecule has 13 heavy (non-hydrogen) atoms. The van der Waals surface area contributed by atoms with E-state index in [-0.39, 0.29) is 5.91 Å². The summed E-state index contributed by atoms with van der Waals surface area (Å²) in [5.74, 6) is 1.05. The van der Waals surface area contributed by atoms with Gasteiger partial charge in [0, 0.05) is 26.9 Å². The van der Waals surface area contributed by atoms with Crippen molar-refractivity contribution in [3.8, 4) is 0 Å². The van der Waals surface area contributed by atoms with Gasteiger partial charge < -0.3 is 4.90 Å². The molecule has 1 rings (SSSR count). The van der Waals surface area contributed by atoms with Crippen LogP contribution in [0.25, 0.3) is 0 Å². The first-order valence-corrected chi connectivity index (χ1v) is 4.99. The van der Waals surface area contributed by atoms with Crippen LogP contribution in [0.3, 0.4) is 0 Å². The summed E-state index contributed by atoms with van der Waals surface area (Å²) >= 11 is 0. The highest BCUT2D eigenvalue weighted by Gasteiger charge is 2.11. The molecule has 74 valence electrons. The molecular weight excluding hydrogens is 164 g/mol. The Balaban J connectivity index is 2.58. The van der Waals surface area contributed by atoms with Crippen LogP contribution < -0.4 is 0 Å². The Hall–Kier alpha value is -0.860. The average Bonchev–Trinajstić information content (AvgIpc) is 2.02. The van der Waals surface area contributed by atoms with Crippen LogP contribution in [0.1, 0.15) is 39.0 Å². The minimum absolute atomic E-state index is 0.0827. The molecule has 0 atom stereocenters. The number of nitrogens with zero attached hydrogens (tertiary/aromatic N) is 2. The Labute approximate surface area is 79.8 Å². The van der Waals surface area contributed by atoms with E-state index in [9.17, 15) is 4.79 Å². The Morgan fingerprint density at radius 3 is 2.69 bits per heavy atom. The van der Waals surface area contributed by atoms with Crippen molar-refractivity contribution in [2.45, 2.75) is 39.0 Å². The van der Waals surface area contributed by atoms with Gasteiger partial charge in [-0.25, -0.2) is 0 Å². The van der Waals surface area contributed by atoms with Crippen LogP contribution >= 0.6 is 0 Å². The lowest BCUT2D eigenvalue weighted by Gasteiger charge is -2.19. The number of carbonyl (C=O) groups is 1. The maximum absolute atomic E-state index is 11.1. The quantitative estimate of drug-likeness (QED) is 0.562. The zero-order chi connectivity index (χ0) is 9.68. The van der Waals surface area contributed by atoms with Crippen LogP contribution in [-0.4, -0.2) is 30.2 Å². The SMILES string of the molecule is CC(=O)N(C)C1=NCCCCCC1. The second-order valence-corrected chi connectivity index (χ2v) is 3.54. The summed E-state index contributed by atoms with van der Waals surface area (Å²) in [5, 5.41) is 0. The van der Waals surface area contributed by atoms with Gasteiger partial charge >= 0.3 is 0 Å². The second-order valence-electron chi connectivity index (χ2n) is 3.54. The van der Waals surface area contributed by atoms with Crippen molar-refractivity contribution in [3.05, 3.63) is 0 Å². The van der Waals surface area contributed by atoms with Crippen molar-refractivity contribution in [1.29, 1.82) is 0 Å². The Bertz CT molecular complexity index is 211. The summed E-state index contributed by atoms with van der Waals surface area (Å²) in [6.45, 7) is 2.47.